The molecule has 2 rings (SSSR count). The van der Waals surface area contributed by atoms with Gasteiger partial charge in [-0.25, -0.2) is 0 Å². The van der Waals surface area contributed by atoms with E-state index in [9.17, 15) is 4.79 Å². The van der Waals surface area contributed by atoms with Crippen LogP contribution in [-0.4, -0.2) is 5.91 Å². The van der Waals surface area contributed by atoms with Crippen LogP contribution in [0.25, 0.3) is 0 Å². The lowest BCUT2D eigenvalue weighted by Crippen LogP contribution is -2.14. The molecule has 98 valence electrons. The highest BCUT2D eigenvalue weighted by Crippen LogP contribution is 2.28. The molecular weight excluding hydrogens is 328 g/mol. The summed E-state index contributed by atoms with van der Waals surface area (Å²) in [4.78, 5) is 12.2. The van der Waals surface area contributed by atoms with E-state index in [0.717, 1.165) is 10.0 Å². The summed E-state index contributed by atoms with van der Waals surface area (Å²) in [7, 11) is 0. The number of nitrogen functional groups attached to an aromatic ring is 1. The second-order valence-corrected chi connectivity index (χ2v) is 5.29. The molecule has 0 aliphatic heterocycles. The first-order valence-electron chi connectivity index (χ1n) is 5.61. The SMILES string of the molecule is Cc1cccc(NC(=O)c2cccc(Cl)c2N)c1Br. The molecule has 0 atom stereocenters. The third-order valence-electron chi connectivity index (χ3n) is 2.74. The van der Waals surface area contributed by atoms with Gasteiger partial charge in [-0.2, -0.15) is 0 Å². The zero-order chi connectivity index (χ0) is 14.0. The van der Waals surface area contributed by atoms with Crippen LogP contribution in [0.4, 0.5) is 11.4 Å². The van der Waals surface area contributed by atoms with E-state index in [1.165, 1.54) is 0 Å². The number of carbonyl (C=O) groups excluding carboxylic acids is 1. The third kappa shape index (κ3) is 2.91. The molecule has 0 radical (unpaired) electrons. The molecule has 2 aromatic carbocycles. The molecule has 0 spiro atoms. The summed E-state index contributed by atoms with van der Waals surface area (Å²) >= 11 is 9.35. The summed E-state index contributed by atoms with van der Waals surface area (Å²) in [6.45, 7) is 1.95. The number of aryl methyl sites for hydroxylation is 1. The van der Waals surface area contributed by atoms with E-state index < -0.39 is 0 Å². The maximum atomic E-state index is 12.2. The molecule has 0 aromatic heterocycles. The van der Waals surface area contributed by atoms with Crippen LogP contribution in [0.2, 0.25) is 5.02 Å². The van der Waals surface area contributed by atoms with Crippen LogP contribution in [0.1, 0.15) is 15.9 Å². The molecule has 0 heterocycles. The first-order valence-corrected chi connectivity index (χ1v) is 6.78. The van der Waals surface area contributed by atoms with Gasteiger partial charge < -0.3 is 11.1 Å². The lowest BCUT2D eigenvalue weighted by atomic mass is 10.1. The Bertz CT molecular complexity index is 643. The number of nitrogens with one attached hydrogen (secondary N) is 1. The van der Waals surface area contributed by atoms with Crippen molar-refractivity contribution in [3.8, 4) is 0 Å². The van der Waals surface area contributed by atoms with Gasteiger partial charge >= 0.3 is 0 Å². The Morgan fingerprint density at radius 2 is 1.95 bits per heavy atom. The minimum absolute atomic E-state index is 0.283. The molecule has 0 aliphatic rings. The number of para-hydroxylation sites is 1. The molecule has 3 nitrogen and oxygen atoms in total. The van der Waals surface area contributed by atoms with Crippen LogP contribution < -0.4 is 11.1 Å². The monoisotopic (exact) mass is 338 g/mol. The highest BCUT2D eigenvalue weighted by Gasteiger charge is 2.13. The lowest BCUT2D eigenvalue weighted by Gasteiger charge is -2.11. The quantitative estimate of drug-likeness (QED) is 0.804. The maximum absolute atomic E-state index is 12.2. The fourth-order valence-corrected chi connectivity index (χ4v) is 2.21. The van der Waals surface area contributed by atoms with Crippen molar-refractivity contribution in [3.05, 3.63) is 57.0 Å². The van der Waals surface area contributed by atoms with Gasteiger partial charge in [-0.15, -0.1) is 0 Å². The normalized spacial score (nSPS) is 10.3. The predicted octanol–water partition coefficient (Wildman–Crippen LogP) is 4.25. The van der Waals surface area contributed by atoms with Gasteiger partial charge in [-0.05, 0) is 46.6 Å². The van der Waals surface area contributed by atoms with Crippen molar-refractivity contribution in [1.82, 2.24) is 0 Å². The van der Waals surface area contributed by atoms with Gasteiger partial charge in [0.15, 0.2) is 0 Å². The van der Waals surface area contributed by atoms with Crippen LogP contribution in [0, 0.1) is 6.92 Å². The van der Waals surface area contributed by atoms with Gasteiger partial charge in [0.05, 0.1) is 22.0 Å². The highest BCUT2D eigenvalue weighted by atomic mass is 79.9. The molecule has 0 fully saturated rings. The van der Waals surface area contributed by atoms with E-state index in [1.807, 2.05) is 25.1 Å². The van der Waals surface area contributed by atoms with Crippen molar-refractivity contribution in [1.29, 1.82) is 0 Å². The number of anilines is 2. The number of rotatable bonds is 2. The molecule has 0 bridgehead atoms. The number of carbonyl (C=O) groups is 1. The topological polar surface area (TPSA) is 55.1 Å². The molecule has 19 heavy (non-hydrogen) atoms. The summed E-state index contributed by atoms with van der Waals surface area (Å²) < 4.78 is 0.851. The van der Waals surface area contributed by atoms with Crippen LogP contribution in [0.15, 0.2) is 40.9 Å². The Morgan fingerprint density at radius 3 is 2.68 bits per heavy atom. The van der Waals surface area contributed by atoms with E-state index in [2.05, 4.69) is 21.2 Å². The molecule has 2 aromatic rings. The first-order chi connectivity index (χ1) is 9.00. The summed E-state index contributed by atoms with van der Waals surface area (Å²) in [5.74, 6) is -0.286. The maximum Gasteiger partial charge on any atom is 0.257 e. The first kappa shape index (κ1) is 13.9. The van der Waals surface area contributed by atoms with Gasteiger partial charge in [0.25, 0.3) is 5.91 Å². The summed E-state index contributed by atoms with van der Waals surface area (Å²) in [5, 5.41) is 3.18. The molecule has 5 heteroatoms. The Hall–Kier alpha value is -1.52. The van der Waals surface area contributed by atoms with E-state index in [-0.39, 0.29) is 11.6 Å². The lowest BCUT2D eigenvalue weighted by molar-refractivity contribution is 0.102. The molecule has 0 unspecified atom stereocenters. The van der Waals surface area contributed by atoms with Crippen LogP contribution in [0.3, 0.4) is 0 Å². The summed E-state index contributed by atoms with van der Waals surface area (Å²) in [5.41, 5.74) is 8.18. The molecule has 0 aliphatic carbocycles. The van der Waals surface area contributed by atoms with Crippen molar-refractivity contribution in [2.24, 2.45) is 0 Å². The van der Waals surface area contributed by atoms with E-state index >= 15 is 0 Å². The minimum Gasteiger partial charge on any atom is -0.397 e. The molecular formula is C14H12BrClN2O. The van der Waals surface area contributed by atoms with E-state index in [1.54, 1.807) is 18.2 Å². The van der Waals surface area contributed by atoms with Crippen molar-refractivity contribution in [2.45, 2.75) is 6.92 Å². The van der Waals surface area contributed by atoms with E-state index in [4.69, 9.17) is 17.3 Å². The minimum atomic E-state index is -0.286. The van der Waals surface area contributed by atoms with Gasteiger partial charge in [0.2, 0.25) is 0 Å². The molecule has 3 N–H and O–H groups in total. The fourth-order valence-electron chi connectivity index (χ4n) is 1.67. The average molecular weight is 340 g/mol. The zero-order valence-electron chi connectivity index (χ0n) is 10.2. The number of amides is 1. The average Bonchev–Trinajstić information content (AvgIpc) is 2.38. The molecule has 0 saturated carbocycles. The van der Waals surface area contributed by atoms with Crippen molar-refractivity contribution >= 4 is 44.8 Å². The summed E-state index contributed by atoms with van der Waals surface area (Å²) in [6, 6.07) is 10.6. The smallest absolute Gasteiger partial charge is 0.257 e. The number of hydrogen-bond acceptors (Lipinski definition) is 2. The molecule has 1 amide bonds. The Balaban J connectivity index is 2.31. The fraction of sp³-hybridized carbons (Fsp3) is 0.0714. The second kappa shape index (κ2) is 5.63. The number of halogens is 2. The number of hydrogen-bond donors (Lipinski definition) is 2. The van der Waals surface area contributed by atoms with Crippen molar-refractivity contribution in [3.63, 3.8) is 0 Å². The van der Waals surface area contributed by atoms with Crippen molar-refractivity contribution in [2.75, 3.05) is 11.1 Å². The van der Waals surface area contributed by atoms with E-state index in [0.29, 0.717) is 16.3 Å². The Morgan fingerprint density at radius 1 is 1.26 bits per heavy atom. The molecule has 0 saturated heterocycles. The van der Waals surface area contributed by atoms with Crippen molar-refractivity contribution < 1.29 is 4.79 Å². The third-order valence-corrected chi connectivity index (χ3v) is 4.12. The van der Waals surface area contributed by atoms with Crippen LogP contribution in [-0.2, 0) is 0 Å². The number of benzene rings is 2. The van der Waals surface area contributed by atoms with Crippen LogP contribution in [0.5, 0.6) is 0 Å². The van der Waals surface area contributed by atoms with Gasteiger partial charge in [-0.1, -0.05) is 29.8 Å². The van der Waals surface area contributed by atoms with Gasteiger partial charge in [-0.3, -0.25) is 4.79 Å². The van der Waals surface area contributed by atoms with Crippen LogP contribution >= 0.6 is 27.5 Å². The predicted molar refractivity (Wildman–Crippen MR) is 82.7 cm³/mol. The second-order valence-electron chi connectivity index (χ2n) is 4.09. The Kier molecular flexibility index (Phi) is 4.12. The largest absolute Gasteiger partial charge is 0.397 e. The zero-order valence-corrected chi connectivity index (χ0v) is 12.5. The van der Waals surface area contributed by atoms with Gasteiger partial charge in [0, 0.05) is 4.47 Å². The number of nitrogens with two attached hydrogens (primary N) is 1. The summed E-state index contributed by atoms with van der Waals surface area (Å²) in [6.07, 6.45) is 0. The Labute approximate surface area is 124 Å². The standard InChI is InChI=1S/C14H12BrClN2O/c1-8-4-2-7-11(12(8)15)18-14(19)9-5-3-6-10(16)13(9)17/h2-7H,17H2,1H3,(H,18,19). The van der Waals surface area contributed by atoms with Gasteiger partial charge in [0.1, 0.15) is 0 Å². The highest BCUT2D eigenvalue weighted by molar-refractivity contribution is 9.10.